The van der Waals surface area contributed by atoms with Gasteiger partial charge in [-0.2, -0.15) is 0 Å². The van der Waals surface area contributed by atoms with Gasteiger partial charge in [-0.05, 0) is 74.9 Å². The highest BCUT2D eigenvalue weighted by Gasteiger charge is 2.22. The van der Waals surface area contributed by atoms with Crippen LogP contribution in [-0.2, 0) is 4.79 Å². The molecule has 0 aromatic heterocycles. The molecule has 0 unspecified atom stereocenters. The summed E-state index contributed by atoms with van der Waals surface area (Å²) >= 11 is 0. The van der Waals surface area contributed by atoms with Gasteiger partial charge < -0.3 is 15.5 Å². The van der Waals surface area contributed by atoms with Crippen molar-refractivity contribution in [2.75, 3.05) is 32.7 Å². The molecule has 2 amide bonds. The molecule has 1 saturated heterocycles. The highest BCUT2D eigenvalue weighted by molar-refractivity contribution is 5.95. The minimum absolute atomic E-state index is 0.0729. The summed E-state index contributed by atoms with van der Waals surface area (Å²) in [6, 6.07) is 18.5. The number of likely N-dealkylation sites (tertiary alicyclic amines) is 1. The monoisotopic (exact) mass is 461 g/mol. The van der Waals surface area contributed by atoms with Crippen LogP contribution >= 0.6 is 0 Å². The molecule has 0 radical (unpaired) electrons. The van der Waals surface area contributed by atoms with Crippen molar-refractivity contribution in [3.8, 4) is 0 Å². The van der Waals surface area contributed by atoms with E-state index in [0.29, 0.717) is 26.1 Å². The third kappa shape index (κ3) is 6.57. The van der Waals surface area contributed by atoms with Crippen LogP contribution in [-0.4, -0.2) is 54.3 Å². The van der Waals surface area contributed by atoms with E-state index in [0.717, 1.165) is 56.3 Å². The Balaban J connectivity index is 1.79. The smallest absolute Gasteiger partial charge is 0.253 e. The Hall–Kier alpha value is -2.92. The molecule has 1 heterocycles. The summed E-state index contributed by atoms with van der Waals surface area (Å²) in [4.78, 5) is 29.2. The van der Waals surface area contributed by atoms with Crippen LogP contribution < -0.4 is 5.73 Å². The molecule has 34 heavy (non-hydrogen) atoms. The quantitative estimate of drug-likeness (QED) is 0.500. The zero-order valence-corrected chi connectivity index (χ0v) is 20.8. The van der Waals surface area contributed by atoms with Crippen molar-refractivity contribution in [2.45, 2.75) is 52.4 Å². The fraction of sp³-hybridized carbons (Fsp3) is 0.448. The standard InChI is InChI=1S/C29H39N3O2/c1-3-31(4-2)29(34)26-16-14-24(15-17-26)28(23-11-7-5-8-12-23)25-18-21-32(22-19-25)27(33)13-9-6-10-20-30/h5,7-8,11-12,14-17H,3-4,6,9-10,13,18-22,30H2,1-2H3. The normalized spacial score (nSPS) is 13.6. The SMILES string of the molecule is CCN(CC)C(=O)c1ccc(C(=C2CCN(C(=O)CCCCCN)CC2)c2ccccc2)cc1. The number of nitrogens with two attached hydrogens (primary N) is 1. The summed E-state index contributed by atoms with van der Waals surface area (Å²) in [7, 11) is 0. The number of unbranched alkanes of at least 4 members (excludes halogenated alkanes) is 2. The third-order valence-corrected chi connectivity index (χ3v) is 6.70. The maximum absolute atomic E-state index is 12.7. The number of nitrogens with zero attached hydrogens (tertiary/aromatic N) is 2. The van der Waals surface area contributed by atoms with Crippen molar-refractivity contribution in [1.82, 2.24) is 9.80 Å². The first-order valence-electron chi connectivity index (χ1n) is 12.7. The fourth-order valence-corrected chi connectivity index (χ4v) is 4.68. The van der Waals surface area contributed by atoms with Gasteiger partial charge in [0.15, 0.2) is 0 Å². The van der Waals surface area contributed by atoms with E-state index < -0.39 is 0 Å². The Morgan fingerprint density at radius 3 is 2.00 bits per heavy atom. The largest absolute Gasteiger partial charge is 0.342 e. The van der Waals surface area contributed by atoms with Gasteiger partial charge >= 0.3 is 0 Å². The van der Waals surface area contributed by atoms with Crippen molar-refractivity contribution in [3.05, 3.63) is 76.9 Å². The first-order chi connectivity index (χ1) is 16.6. The summed E-state index contributed by atoms with van der Waals surface area (Å²) in [5.74, 6) is 0.334. The third-order valence-electron chi connectivity index (χ3n) is 6.70. The molecule has 1 fully saturated rings. The summed E-state index contributed by atoms with van der Waals surface area (Å²) in [6.07, 6.45) is 5.29. The molecule has 3 rings (SSSR count). The molecule has 2 aromatic rings. The summed E-state index contributed by atoms with van der Waals surface area (Å²) in [5.41, 5.74) is 11.2. The molecule has 0 atom stereocenters. The number of carbonyl (C=O) groups is 2. The second kappa shape index (κ2) is 13.1. The lowest BCUT2D eigenvalue weighted by atomic mass is 9.88. The number of amides is 2. The Morgan fingerprint density at radius 1 is 0.824 bits per heavy atom. The first-order valence-corrected chi connectivity index (χ1v) is 12.7. The zero-order valence-electron chi connectivity index (χ0n) is 20.8. The van der Waals surface area contributed by atoms with Crippen LogP contribution in [0, 0.1) is 0 Å². The minimum atomic E-state index is 0.0729. The van der Waals surface area contributed by atoms with Gasteiger partial charge in [0.25, 0.3) is 5.91 Å². The predicted molar refractivity (Wildman–Crippen MR) is 139 cm³/mol. The van der Waals surface area contributed by atoms with Crippen molar-refractivity contribution < 1.29 is 9.59 Å². The van der Waals surface area contributed by atoms with Crippen LogP contribution in [0.2, 0.25) is 0 Å². The molecule has 0 aliphatic carbocycles. The van der Waals surface area contributed by atoms with Crippen molar-refractivity contribution >= 4 is 17.4 Å². The minimum Gasteiger partial charge on any atom is -0.342 e. The lowest BCUT2D eigenvalue weighted by molar-refractivity contribution is -0.131. The molecule has 0 bridgehead atoms. The molecular formula is C29H39N3O2. The fourth-order valence-electron chi connectivity index (χ4n) is 4.68. The maximum Gasteiger partial charge on any atom is 0.253 e. The average molecular weight is 462 g/mol. The molecule has 182 valence electrons. The Labute approximate surface area is 204 Å². The summed E-state index contributed by atoms with van der Waals surface area (Å²) < 4.78 is 0. The van der Waals surface area contributed by atoms with E-state index in [2.05, 4.69) is 36.4 Å². The van der Waals surface area contributed by atoms with Crippen molar-refractivity contribution in [2.24, 2.45) is 5.73 Å². The second-order valence-electron chi connectivity index (χ2n) is 8.88. The summed E-state index contributed by atoms with van der Waals surface area (Å²) in [5, 5.41) is 0. The Morgan fingerprint density at radius 2 is 1.41 bits per heavy atom. The van der Waals surface area contributed by atoms with Crippen LogP contribution in [0.15, 0.2) is 60.2 Å². The summed E-state index contributed by atoms with van der Waals surface area (Å²) in [6.45, 7) is 7.64. The predicted octanol–water partition coefficient (Wildman–Crippen LogP) is 5.11. The lowest BCUT2D eigenvalue weighted by Crippen LogP contribution is -2.36. The first kappa shape index (κ1) is 25.7. The number of rotatable bonds is 10. The van der Waals surface area contributed by atoms with Crippen LogP contribution in [0.5, 0.6) is 0 Å². The number of piperidine rings is 1. The van der Waals surface area contributed by atoms with Gasteiger partial charge in [-0.25, -0.2) is 0 Å². The maximum atomic E-state index is 12.7. The van der Waals surface area contributed by atoms with Gasteiger partial charge in [0, 0.05) is 38.2 Å². The molecule has 5 heteroatoms. The number of benzene rings is 2. The van der Waals surface area contributed by atoms with E-state index >= 15 is 0 Å². The van der Waals surface area contributed by atoms with E-state index in [1.807, 2.05) is 41.8 Å². The van der Waals surface area contributed by atoms with Crippen molar-refractivity contribution in [3.63, 3.8) is 0 Å². The highest BCUT2D eigenvalue weighted by atomic mass is 16.2. The van der Waals surface area contributed by atoms with Gasteiger partial charge in [-0.1, -0.05) is 54.5 Å². The van der Waals surface area contributed by atoms with Gasteiger partial charge in [0.1, 0.15) is 0 Å². The average Bonchev–Trinajstić information content (AvgIpc) is 2.89. The molecule has 0 saturated carbocycles. The zero-order chi connectivity index (χ0) is 24.3. The van der Waals surface area contributed by atoms with E-state index in [1.54, 1.807) is 0 Å². The molecule has 1 aliphatic heterocycles. The van der Waals surface area contributed by atoms with E-state index in [9.17, 15) is 9.59 Å². The Kier molecular flexibility index (Phi) is 9.89. The molecule has 2 N–H and O–H groups in total. The second-order valence-corrected chi connectivity index (χ2v) is 8.88. The van der Waals surface area contributed by atoms with Crippen LogP contribution in [0.25, 0.3) is 5.57 Å². The number of hydrogen-bond acceptors (Lipinski definition) is 3. The highest BCUT2D eigenvalue weighted by Crippen LogP contribution is 2.33. The van der Waals surface area contributed by atoms with Crippen molar-refractivity contribution in [1.29, 1.82) is 0 Å². The Bertz CT molecular complexity index is 953. The number of hydrogen-bond donors (Lipinski definition) is 1. The van der Waals surface area contributed by atoms with E-state index in [1.165, 1.54) is 16.7 Å². The van der Waals surface area contributed by atoms with Gasteiger partial charge in [0.05, 0.1) is 0 Å². The number of carbonyl (C=O) groups excluding carboxylic acids is 2. The molecule has 0 spiro atoms. The van der Waals surface area contributed by atoms with Crippen LogP contribution in [0.1, 0.15) is 73.9 Å². The molecule has 2 aromatic carbocycles. The van der Waals surface area contributed by atoms with Gasteiger partial charge in [0.2, 0.25) is 5.91 Å². The molecular weight excluding hydrogens is 422 g/mol. The lowest BCUT2D eigenvalue weighted by Gasteiger charge is -2.30. The molecule has 5 nitrogen and oxygen atoms in total. The van der Waals surface area contributed by atoms with Crippen LogP contribution in [0.4, 0.5) is 0 Å². The van der Waals surface area contributed by atoms with Crippen LogP contribution in [0.3, 0.4) is 0 Å². The molecule has 1 aliphatic rings. The topological polar surface area (TPSA) is 66.6 Å². The van der Waals surface area contributed by atoms with Gasteiger partial charge in [-0.3, -0.25) is 9.59 Å². The van der Waals surface area contributed by atoms with Gasteiger partial charge in [-0.15, -0.1) is 0 Å². The van der Waals surface area contributed by atoms with E-state index in [4.69, 9.17) is 5.73 Å². The van der Waals surface area contributed by atoms with E-state index in [-0.39, 0.29) is 11.8 Å².